The maximum atomic E-state index is 13.2. The first-order valence-electron chi connectivity index (χ1n) is 13.2. The van der Waals surface area contributed by atoms with Gasteiger partial charge in [-0.15, -0.1) is 0 Å². The molecule has 11 nitrogen and oxygen atoms in total. The van der Waals surface area contributed by atoms with Crippen molar-refractivity contribution in [3.8, 4) is 5.88 Å². The fourth-order valence-electron chi connectivity index (χ4n) is 4.25. The molecule has 4 atom stereocenters. The Morgan fingerprint density at radius 1 is 0.651 bits per heavy atom. The Labute approximate surface area is 246 Å². The molecule has 1 aliphatic rings. The van der Waals surface area contributed by atoms with E-state index in [-0.39, 0.29) is 29.2 Å². The predicted octanol–water partition coefficient (Wildman–Crippen LogP) is 3.59. The number of carbonyl (C=O) groups is 4. The molecule has 2 N–H and O–H groups in total. The Bertz CT molecular complexity index is 1570. The summed E-state index contributed by atoms with van der Waals surface area (Å²) in [6.07, 6.45) is -3.83. The van der Waals surface area contributed by atoms with Crippen molar-refractivity contribution in [3.63, 3.8) is 0 Å². The maximum absolute atomic E-state index is 13.2. The molecule has 1 aliphatic heterocycles. The van der Waals surface area contributed by atoms with Crippen LogP contribution < -0.4 is 10.5 Å². The largest absolute Gasteiger partial charge is 0.459 e. The van der Waals surface area contributed by atoms with E-state index in [0.717, 1.165) is 0 Å². The summed E-state index contributed by atoms with van der Waals surface area (Å²) in [5.41, 5.74) is 6.22. The third-order valence-electron chi connectivity index (χ3n) is 6.42. The third kappa shape index (κ3) is 7.21. The van der Waals surface area contributed by atoms with E-state index in [0.29, 0.717) is 5.56 Å². The molecule has 0 spiro atoms. The highest BCUT2D eigenvalue weighted by molar-refractivity contribution is 5.92. The Hall–Kier alpha value is -5.55. The second kappa shape index (κ2) is 13.4. The Morgan fingerprint density at radius 2 is 1.16 bits per heavy atom. The van der Waals surface area contributed by atoms with E-state index in [9.17, 15) is 19.2 Å². The fraction of sp³-hybridized carbons (Fsp3) is 0.156. The van der Waals surface area contributed by atoms with Gasteiger partial charge in [-0.05, 0) is 42.5 Å². The average molecular weight is 583 g/mol. The zero-order valence-corrected chi connectivity index (χ0v) is 22.6. The van der Waals surface area contributed by atoms with Gasteiger partial charge in [-0.1, -0.05) is 54.6 Å². The normalized spacial score (nSPS) is 19.2. The van der Waals surface area contributed by atoms with Crippen LogP contribution in [0, 0.1) is 0 Å². The lowest BCUT2D eigenvalue weighted by atomic mass is 10.1. The van der Waals surface area contributed by atoms with Gasteiger partial charge in [0.1, 0.15) is 12.7 Å². The standard InChI is InChI=1S/C32H26N2O9/c33-28(35)23-16-17-25(34-18-23)41-32-27(43-31(38)22-14-8-3-9-15-22)26(42-30(37)21-12-6-2-7-13-21)24(40-32)19-39-29(36)20-10-4-1-5-11-20/h1-18,24,26-27,32H,19H2,(H2,33,35)/t24-,26-,27-,32+/m1/s1. The van der Waals surface area contributed by atoms with Crippen molar-refractivity contribution in [2.45, 2.75) is 24.6 Å². The van der Waals surface area contributed by atoms with E-state index in [1.807, 2.05) is 0 Å². The number of esters is 3. The number of ether oxygens (including phenoxy) is 5. The number of rotatable bonds is 10. The van der Waals surface area contributed by atoms with Crippen LogP contribution in [0.1, 0.15) is 41.4 Å². The van der Waals surface area contributed by atoms with Crippen molar-refractivity contribution in [1.29, 1.82) is 0 Å². The van der Waals surface area contributed by atoms with Crippen LogP contribution in [-0.4, -0.2) is 60.0 Å². The Morgan fingerprint density at radius 3 is 1.65 bits per heavy atom. The fourth-order valence-corrected chi connectivity index (χ4v) is 4.25. The quantitative estimate of drug-likeness (QED) is 0.217. The Balaban J connectivity index is 1.44. The second-order valence-electron chi connectivity index (χ2n) is 9.35. The van der Waals surface area contributed by atoms with Crippen molar-refractivity contribution in [1.82, 2.24) is 4.98 Å². The van der Waals surface area contributed by atoms with Crippen LogP contribution in [0.3, 0.4) is 0 Å². The minimum Gasteiger partial charge on any atom is -0.459 e. The molecule has 11 heteroatoms. The van der Waals surface area contributed by atoms with Crippen LogP contribution in [0.25, 0.3) is 0 Å². The average Bonchev–Trinajstić information content (AvgIpc) is 3.35. The van der Waals surface area contributed by atoms with Gasteiger partial charge in [-0.25, -0.2) is 19.4 Å². The molecule has 3 aromatic carbocycles. The number of primary amides is 1. The molecule has 2 heterocycles. The number of benzene rings is 3. The third-order valence-corrected chi connectivity index (χ3v) is 6.42. The van der Waals surface area contributed by atoms with E-state index >= 15 is 0 Å². The summed E-state index contributed by atoms with van der Waals surface area (Å²) >= 11 is 0. The molecule has 4 aromatic rings. The van der Waals surface area contributed by atoms with Crippen LogP contribution in [0.4, 0.5) is 0 Å². The molecule has 5 rings (SSSR count). The first-order valence-corrected chi connectivity index (χ1v) is 13.2. The number of nitrogens with two attached hydrogens (primary N) is 1. The second-order valence-corrected chi connectivity index (χ2v) is 9.35. The number of hydrogen-bond acceptors (Lipinski definition) is 10. The van der Waals surface area contributed by atoms with E-state index in [4.69, 9.17) is 29.4 Å². The molecular weight excluding hydrogens is 556 g/mol. The van der Waals surface area contributed by atoms with Crippen LogP contribution in [0.5, 0.6) is 5.88 Å². The number of aromatic nitrogens is 1. The van der Waals surface area contributed by atoms with Crippen molar-refractivity contribution in [3.05, 3.63) is 132 Å². The van der Waals surface area contributed by atoms with Crippen molar-refractivity contribution < 1.29 is 42.9 Å². The van der Waals surface area contributed by atoms with Gasteiger partial charge in [0.2, 0.25) is 24.2 Å². The number of amides is 1. The van der Waals surface area contributed by atoms with E-state index in [1.165, 1.54) is 18.3 Å². The van der Waals surface area contributed by atoms with E-state index < -0.39 is 48.4 Å². The Kier molecular flexibility index (Phi) is 9.03. The van der Waals surface area contributed by atoms with Crippen LogP contribution in [0.15, 0.2) is 109 Å². The molecule has 43 heavy (non-hydrogen) atoms. The lowest BCUT2D eigenvalue weighted by molar-refractivity contribution is -0.121. The highest BCUT2D eigenvalue weighted by Crippen LogP contribution is 2.31. The highest BCUT2D eigenvalue weighted by Gasteiger charge is 2.52. The number of nitrogens with zero attached hydrogens (tertiary/aromatic N) is 1. The monoisotopic (exact) mass is 582 g/mol. The van der Waals surface area contributed by atoms with Gasteiger partial charge < -0.3 is 29.4 Å². The maximum Gasteiger partial charge on any atom is 0.338 e. The summed E-state index contributed by atoms with van der Waals surface area (Å²) in [6.45, 7) is -0.367. The minimum atomic E-state index is -1.35. The molecule has 1 amide bonds. The lowest BCUT2D eigenvalue weighted by Gasteiger charge is -2.24. The summed E-state index contributed by atoms with van der Waals surface area (Å²) in [5, 5.41) is 0. The van der Waals surface area contributed by atoms with Gasteiger partial charge in [-0.3, -0.25) is 4.79 Å². The van der Waals surface area contributed by atoms with Gasteiger partial charge >= 0.3 is 17.9 Å². The zero-order chi connectivity index (χ0) is 30.2. The summed E-state index contributed by atoms with van der Waals surface area (Å²) in [4.78, 5) is 54.5. The first-order chi connectivity index (χ1) is 20.9. The first kappa shape index (κ1) is 29.0. The zero-order valence-electron chi connectivity index (χ0n) is 22.6. The summed E-state index contributed by atoms with van der Waals surface area (Å²) < 4.78 is 29.1. The molecule has 1 aromatic heterocycles. The summed E-state index contributed by atoms with van der Waals surface area (Å²) in [7, 11) is 0. The highest BCUT2D eigenvalue weighted by atomic mass is 16.7. The molecule has 1 fully saturated rings. The number of hydrogen-bond donors (Lipinski definition) is 1. The number of carbonyl (C=O) groups excluding carboxylic acids is 4. The van der Waals surface area contributed by atoms with Gasteiger partial charge in [0, 0.05) is 12.3 Å². The van der Waals surface area contributed by atoms with Gasteiger partial charge in [0.25, 0.3) is 0 Å². The van der Waals surface area contributed by atoms with Gasteiger partial charge in [0.15, 0.2) is 6.10 Å². The molecule has 0 saturated carbocycles. The van der Waals surface area contributed by atoms with Crippen molar-refractivity contribution in [2.75, 3.05) is 6.61 Å². The summed E-state index contributed by atoms with van der Waals surface area (Å²) in [6, 6.07) is 27.5. The number of pyridine rings is 1. The topological polar surface area (TPSA) is 153 Å². The molecule has 0 radical (unpaired) electrons. The SMILES string of the molecule is NC(=O)c1ccc(O[C@@H]2O[C@H](COC(=O)c3ccccc3)[C@@H](OC(=O)c3ccccc3)[C@H]2OC(=O)c2ccccc2)nc1. The molecule has 0 bridgehead atoms. The van der Waals surface area contributed by atoms with Crippen LogP contribution in [-0.2, 0) is 18.9 Å². The van der Waals surface area contributed by atoms with Crippen molar-refractivity contribution in [2.24, 2.45) is 5.73 Å². The van der Waals surface area contributed by atoms with E-state index in [1.54, 1.807) is 91.0 Å². The predicted molar refractivity (Wildman–Crippen MR) is 150 cm³/mol. The van der Waals surface area contributed by atoms with Crippen LogP contribution >= 0.6 is 0 Å². The van der Waals surface area contributed by atoms with Crippen LogP contribution in [0.2, 0.25) is 0 Å². The molecular formula is C32H26N2O9. The van der Waals surface area contributed by atoms with Gasteiger partial charge in [0.05, 0.1) is 22.3 Å². The smallest absolute Gasteiger partial charge is 0.338 e. The van der Waals surface area contributed by atoms with Crippen molar-refractivity contribution >= 4 is 23.8 Å². The van der Waals surface area contributed by atoms with E-state index in [2.05, 4.69) is 4.98 Å². The minimum absolute atomic E-state index is 0.00539. The van der Waals surface area contributed by atoms with Gasteiger partial charge in [-0.2, -0.15) is 0 Å². The molecule has 1 saturated heterocycles. The molecule has 0 unspecified atom stereocenters. The molecule has 0 aliphatic carbocycles. The summed E-state index contributed by atoms with van der Waals surface area (Å²) in [5.74, 6) is -2.77. The lowest BCUT2D eigenvalue weighted by Crippen LogP contribution is -2.43. The molecule has 218 valence electrons.